The van der Waals surface area contributed by atoms with Gasteiger partial charge in [-0.1, -0.05) is 69.7 Å². The lowest BCUT2D eigenvalue weighted by atomic mass is 9.78. The van der Waals surface area contributed by atoms with E-state index in [1.807, 2.05) is 12.1 Å². The fourth-order valence-electron chi connectivity index (χ4n) is 3.46. The van der Waals surface area contributed by atoms with E-state index in [2.05, 4.69) is 19.1 Å². The fourth-order valence-corrected chi connectivity index (χ4v) is 3.46. The minimum Gasteiger partial charge on any atom is -0.216 e. The highest BCUT2D eigenvalue weighted by Gasteiger charge is 2.20. The smallest absolute Gasteiger partial charge is 0.0872 e. The summed E-state index contributed by atoms with van der Waals surface area (Å²) in [6.45, 7) is 2.30. The van der Waals surface area contributed by atoms with Crippen molar-refractivity contribution in [2.45, 2.75) is 58.3 Å². The summed E-state index contributed by atoms with van der Waals surface area (Å²) in [6, 6.07) is 8.28. The van der Waals surface area contributed by atoms with Crippen molar-refractivity contribution in [1.29, 1.82) is 0 Å². The molecule has 110 valence electrons. The van der Waals surface area contributed by atoms with Crippen LogP contribution in [0, 0.1) is 11.8 Å². The lowest BCUT2D eigenvalue weighted by molar-refractivity contribution is 0.252. The molecule has 2 rings (SSSR count). The molecule has 0 N–H and O–H groups in total. The molecule has 1 saturated carbocycles. The second-order valence-corrected chi connectivity index (χ2v) is 6.25. The Balaban J connectivity index is 1.73. The van der Waals surface area contributed by atoms with Crippen LogP contribution in [-0.2, 0) is 6.42 Å². The summed E-state index contributed by atoms with van der Waals surface area (Å²) in [5, 5.41) is 0. The fraction of sp³-hybridized carbons (Fsp3) is 0.579. The van der Waals surface area contributed by atoms with Gasteiger partial charge in [-0.05, 0) is 41.9 Å². The third kappa shape index (κ3) is 4.77. The summed E-state index contributed by atoms with van der Waals surface area (Å²) in [7, 11) is 0. The number of aryl methyl sites for hydroxylation is 1. The first kappa shape index (κ1) is 15.3. The van der Waals surface area contributed by atoms with Gasteiger partial charge in [-0.2, -0.15) is 0 Å². The van der Waals surface area contributed by atoms with Crippen LogP contribution < -0.4 is 0 Å². The molecule has 0 unspecified atom stereocenters. The van der Waals surface area contributed by atoms with Crippen molar-refractivity contribution in [2.24, 2.45) is 11.8 Å². The highest BCUT2D eigenvalue weighted by Crippen LogP contribution is 2.33. The Labute approximate surface area is 123 Å². The van der Waals surface area contributed by atoms with Gasteiger partial charge < -0.3 is 0 Å². The molecule has 1 aromatic rings. The van der Waals surface area contributed by atoms with Gasteiger partial charge in [0.05, 0.1) is 6.33 Å². The number of rotatable bonds is 6. The Hall–Kier alpha value is -1.11. The summed E-state index contributed by atoms with van der Waals surface area (Å²) in [5.74, 6) is 1.93. The van der Waals surface area contributed by atoms with Crippen molar-refractivity contribution in [3.63, 3.8) is 0 Å². The Morgan fingerprint density at radius 1 is 1.00 bits per heavy atom. The average molecular weight is 274 g/mol. The molecule has 0 amide bonds. The first-order valence-corrected chi connectivity index (χ1v) is 8.17. The Kier molecular flexibility index (Phi) is 6.29. The maximum absolute atomic E-state index is 12.1. The van der Waals surface area contributed by atoms with Gasteiger partial charge in [-0.25, -0.2) is 4.39 Å². The van der Waals surface area contributed by atoms with E-state index < -0.39 is 0 Å². The molecule has 1 heteroatoms. The normalized spacial score (nSPS) is 23.3. The van der Waals surface area contributed by atoms with Gasteiger partial charge in [0.1, 0.15) is 0 Å². The molecule has 1 fully saturated rings. The van der Waals surface area contributed by atoms with Crippen LogP contribution in [0.1, 0.15) is 63.0 Å². The van der Waals surface area contributed by atoms with Gasteiger partial charge >= 0.3 is 0 Å². The number of hydrogen-bond acceptors (Lipinski definition) is 0. The summed E-state index contributed by atoms with van der Waals surface area (Å²) >= 11 is 0. The zero-order valence-electron chi connectivity index (χ0n) is 12.7. The average Bonchev–Trinajstić information content (AvgIpc) is 2.49. The van der Waals surface area contributed by atoms with Crippen molar-refractivity contribution in [1.82, 2.24) is 0 Å². The molecule has 0 atom stereocenters. The van der Waals surface area contributed by atoms with Gasteiger partial charge in [0.2, 0.25) is 0 Å². The van der Waals surface area contributed by atoms with E-state index in [1.165, 1.54) is 63.0 Å². The zero-order valence-corrected chi connectivity index (χ0v) is 12.7. The predicted molar refractivity (Wildman–Crippen MR) is 85.3 cm³/mol. The predicted octanol–water partition coefficient (Wildman–Crippen LogP) is 6.17. The molecule has 0 saturated heterocycles. The molecule has 0 spiro atoms. The number of benzene rings is 1. The van der Waals surface area contributed by atoms with Crippen LogP contribution in [-0.4, -0.2) is 0 Å². The topological polar surface area (TPSA) is 0 Å². The quantitative estimate of drug-likeness (QED) is 0.582. The van der Waals surface area contributed by atoms with E-state index in [0.29, 0.717) is 6.33 Å². The Morgan fingerprint density at radius 2 is 1.60 bits per heavy atom. The van der Waals surface area contributed by atoms with Gasteiger partial charge in [0, 0.05) is 0 Å². The first-order chi connectivity index (χ1) is 9.81. The minimum atomic E-state index is 0.601. The highest BCUT2D eigenvalue weighted by atomic mass is 19.1. The molecule has 0 radical (unpaired) electrons. The second-order valence-electron chi connectivity index (χ2n) is 6.25. The van der Waals surface area contributed by atoms with Gasteiger partial charge in [-0.15, -0.1) is 0 Å². The monoisotopic (exact) mass is 274 g/mol. The second kappa shape index (κ2) is 8.24. The standard InChI is InChI=1S/C19H27F/c1-2-3-16-4-6-17(7-5-16)8-9-18-10-12-19(13-11-18)14-15-20/h10-17H,2-9H2,1H3. The van der Waals surface area contributed by atoms with E-state index in [9.17, 15) is 4.39 Å². The Bertz CT molecular complexity index is 396. The molecule has 20 heavy (non-hydrogen) atoms. The van der Waals surface area contributed by atoms with Crippen LogP contribution in [0.5, 0.6) is 0 Å². The van der Waals surface area contributed by atoms with E-state index in [4.69, 9.17) is 0 Å². The van der Waals surface area contributed by atoms with Crippen LogP contribution in [0.15, 0.2) is 30.6 Å². The molecule has 0 heterocycles. The van der Waals surface area contributed by atoms with Crippen LogP contribution >= 0.6 is 0 Å². The third-order valence-electron chi connectivity index (χ3n) is 4.74. The molecule has 0 bridgehead atoms. The number of halogens is 1. The molecular weight excluding hydrogens is 247 g/mol. The highest BCUT2D eigenvalue weighted by molar-refractivity contribution is 5.48. The molecule has 0 aliphatic heterocycles. The van der Waals surface area contributed by atoms with Crippen molar-refractivity contribution in [3.05, 3.63) is 41.7 Å². The minimum absolute atomic E-state index is 0.601. The lowest BCUT2D eigenvalue weighted by Gasteiger charge is -2.28. The van der Waals surface area contributed by atoms with E-state index in [-0.39, 0.29) is 0 Å². The molecule has 1 aliphatic carbocycles. The van der Waals surface area contributed by atoms with Crippen LogP contribution in [0.2, 0.25) is 0 Å². The van der Waals surface area contributed by atoms with E-state index >= 15 is 0 Å². The maximum Gasteiger partial charge on any atom is 0.0872 e. The van der Waals surface area contributed by atoms with Gasteiger partial charge in [0.25, 0.3) is 0 Å². The lowest BCUT2D eigenvalue weighted by Crippen LogP contribution is -2.15. The van der Waals surface area contributed by atoms with E-state index in [0.717, 1.165) is 17.4 Å². The molecule has 0 aromatic heterocycles. The van der Waals surface area contributed by atoms with Crippen molar-refractivity contribution in [2.75, 3.05) is 0 Å². The zero-order chi connectivity index (χ0) is 14.2. The SMILES string of the molecule is CCCC1CCC(CCc2ccc(C=CF)cc2)CC1. The van der Waals surface area contributed by atoms with Gasteiger partial charge in [-0.3, -0.25) is 0 Å². The third-order valence-corrected chi connectivity index (χ3v) is 4.74. The van der Waals surface area contributed by atoms with Crippen LogP contribution in [0.3, 0.4) is 0 Å². The Morgan fingerprint density at radius 3 is 2.15 bits per heavy atom. The van der Waals surface area contributed by atoms with E-state index in [1.54, 1.807) is 0 Å². The number of hydrogen-bond donors (Lipinski definition) is 0. The molecule has 1 aromatic carbocycles. The van der Waals surface area contributed by atoms with Crippen molar-refractivity contribution < 1.29 is 4.39 Å². The molecule has 0 nitrogen and oxygen atoms in total. The van der Waals surface area contributed by atoms with Crippen LogP contribution in [0.4, 0.5) is 4.39 Å². The first-order valence-electron chi connectivity index (χ1n) is 8.17. The summed E-state index contributed by atoms with van der Waals surface area (Å²) in [4.78, 5) is 0. The maximum atomic E-state index is 12.1. The molecule has 1 aliphatic rings. The largest absolute Gasteiger partial charge is 0.216 e. The summed E-state index contributed by atoms with van der Waals surface area (Å²) in [5.41, 5.74) is 2.33. The van der Waals surface area contributed by atoms with Crippen molar-refractivity contribution in [3.8, 4) is 0 Å². The van der Waals surface area contributed by atoms with Crippen LogP contribution in [0.25, 0.3) is 6.08 Å². The molecular formula is C19H27F. The summed E-state index contributed by atoms with van der Waals surface area (Å²) in [6.07, 6.45) is 13.1. The van der Waals surface area contributed by atoms with Crippen molar-refractivity contribution >= 4 is 6.08 Å². The summed E-state index contributed by atoms with van der Waals surface area (Å²) < 4.78 is 12.1. The van der Waals surface area contributed by atoms with Gasteiger partial charge in [0.15, 0.2) is 0 Å².